The Morgan fingerprint density at radius 3 is 2.35 bits per heavy atom. The van der Waals surface area contributed by atoms with Crippen LogP contribution in [0.5, 0.6) is 0 Å². The van der Waals surface area contributed by atoms with E-state index in [2.05, 4.69) is 5.32 Å². The molecule has 1 aromatic carbocycles. The van der Waals surface area contributed by atoms with Crippen LogP contribution >= 0.6 is 0 Å². The van der Waals surface area contributed by atoms with Crippen LogP contribution in [-0.2, 0) is 0 Å². The fraction of sp³-hybridized carbons (Fsp3) is 0.588. The molecule has 0 heterocycles. The van der Waals surface area contributed by atoms with Gasteiger partial charge in [0, 0.05) is 12.1 Å². The van der Waals surface area contributed by atoms with Gasteiger partial charge in [0.1, 0.15) is 0 Å². The van der Waals surface area contributed by atoms with Gasteiger partial charge in [-0.3, -0.25) is 4.79 Å². The van der Waals surface area contributed by atoms with Crippen LogP contribution in [0.1, 0.15) is 53.6 Å². The fourth-order valence-corrected chi connectivity index (χ4v) is 3.28. The van der Waals surface area contributed by atoms with Gasteiger partial charge >= 0.3 is 0 Å². The van der Waals surface area contributed by atoms with E-state index in [9.17, 15) is 4.79 Å². The van der Waals surface area contributed by atoms with E-state index >= 15 is 0 Å². The van der Waals surface area contributed by atoms with Gasteiger partial charge in [-0.1, -0.05) is 37.5 Å². The second-order valence-electron chi connectivity index (χ2n) is 6.21. The molecule has 0 spiro atoms. The third-order valence-electron chi connectivity index (χ3n) is 4.68. The minimum absolute atomic E-state index is 0.0407. The number of nitrogens with two attached hydrogens (primary N) is 1. The molecule has 1 amide bonds. The first-order chi connectivity index (χ1) is 9.58. The van der Waals surface area contributed by atoms with Crippen LogP contribution in [0.3, 0.4) is 0 Å². The lowest BCUT2D eigenvalue weighted by Crippen LogP contribution is -2.44. The first kappa shape index (κ1) is 15.0. The summed E-state index contributed by atoms with van der Waals surface area (Å²) in [4.78, 5) is 12.4. The topological polar surface area (TPSA) is 55.1 Å². The van der Waals surface area contributed by atoms with Gasteiger partial charge in [-0.05, 0) is 49.8 Å². The van der Waals surface area contributed by atoms with Gasteiger partial charge in [-0.25, -0.2) is 0 Å². The summed E-state index contributed by atoms with van der Waals surface area (Å²) in [6, 6.07) is 5.96. The van der Waals surface area contributed by atoms with Crippen molar-refractivity contribution in [3.8, 4) is 0 Å². The molecule has 0 radical (unpaired) electrons. The van der Waals surface area contributed by atoms with Crippen molar-refractivity contribution in [3.63, 3.8) is 0 Å². The van der Waals surface area contributed by atoms with Crippen LogP contribution in [0.15, 0.2) is 18.2 Å². The standard InChI is InChI=1S/C17H26N2O/c1-13-7-6-8-14(2)15(13)16(20)19-12-17(11-18)9-4-3-5-10-17/h6-8H,3-5,9-12,18H2,1-2H3,(H,19,20). The molecule has 3 heteroatoms. The zero-order valence-electron chi connectivity index (χ0n) is 12.7. The third kappa shape index (κ3) is 3.21. The van der Waals surface area contributed by atoms with Crippen molar-refractivity contribution >= 4 is 5.91 Å². The maximum atomic E-state index is 12.4. The summed E-state index contributed by atoms with van der Waals surface area (Å²) in [6.07, 6.45) is 6.03. The van der Waals surface area contributed by atoms with Gasteiger partial charge < -0.3 is 11.1 Å². The van der Waals surface area contributed by atoms with E-state index in [1.165, 1.54) is 19.3 Å². The predicted octanol–water partition coefficient (Wildman–Crippen LogP) is 2.94. The second-order valence-corrected chi connectivity index (χ2v) is 6.21. The number of rotatable bonds is 4. The Labute approximate surface area is 121 Å². The number of aryl methyl sites for hydroxylation is 2. The number of nitrogens with one attached hydrogen (secondary N) is 1. The summed E-state index contributed by atoms with van der Waals surface area (Å²) in [5, 5.41) is 3.12. The van der Waals surface area contributed by atoms with Gasteiger partial charge in [0.15, 0.2) is 0 Å². The molecule has 0 aromatic heterocycles. The summed E-state index contributed by atoms with van der Waals surface area (Å²) in [6.45, 7) is 5.35. The Morgan fingerprint density at radius 1 is 1.20 bits per heavy atom. The van der Waals surface area contributed by atoms with Crippen molar-refractivity contribution in [2.45, 2.75) is 46.0 Å². The highest BCUT2D eigenvalue weighted by atomic mass is 16.1. The van der Waals surface area contributed by atoms with Crippen LogP contribution in [0.4, 0.5) is 0 Å². The molecule has 0 bridgehead atoms. The number of benzene rings is 1. The Morgan fingerprint density at radius 2 is 1.80 bits per heavy atom. The maximum Gasteiger partial charge on any atom is 0.251 e. The zero-order chi connectivity index (χ0) is 14.6. The van der Waals surface area contributed by atoms with Crippen LogP contribution in [0, 0.1) is 19.3 Å². The highest BCUT2D eigenvalue weighted by molar-refractivity contribution is 5.97. The van der Waals surface area contributed by atoms with Gasteiger partial charge in [0.05, 0.1) is 0 Å². The number of hydrogen-bond acceptors (Lipinski definition) is 2. The average Bonchev–Trinajstić information content (AvgIpc) is 2.46. The third-order valence-corrected chi connectivity index (χ3v) is 4.68. The lowest BCUT2D eigenvalue weighted by molar-refractivity contribution is 0.0912. The molecule has 2 rings (SSSR count). The van der Waals surface area contributed by atoms with Crippen LogP contribution in [-0.4, -0.2) is 19.0 Å². The molecule has 1 aliphatic rings. The average molecular weight is 274 g/mol. The van der Waals surface area contributed by atoms with Gasteiger partial charge in [-0.2, -0.15) is 0 Å². The largest absolute Gasteiger partial charge is 0.351 e. The smallest absolute Gasteiger partial charge is 0.251 e. The molecule has 110 valence electrons. The van der Waals surface area contributed by atoms with E-state index in [1.54, 1.807) is 0 Å². The molecular weight excluding hydrogens is 248 g/mol. The summed E-state index contributed by atoms with van der Waals surface area (Å²) < 4.78 is 0. The van der Waals surface area contributed by atoms with Gasteiger partial charge in [0.25, 0.3) is 5.91 Å². The molecule has 0 atom stereocenters. The molecule has 0 aliphatic heterocycles. The summed E-state index contributed by atoms with van der Waals surface area (Å²) in [5.41, 5.74) is 8.97. The lowest BCUT2D eigenvalue weighted by Gasteiger charge is -2.36. The van der Waals surface area contributed by atoms with Crippen LogP contribution < -0.4 is 11.1 Å². The highest BCUT2D eigenvalue weighted by Crippen LogP contribution is 2.34. The Kier molecular flexibility index (Phi) is 4.81. The SMILES string of the molecule is Cc1cccc(C)c1C(=O)NCC1(CN)CCCCC1. The van der Waals surface area contributed by atoms with E-state index in [-0.39, 0.29) is 11.3 Å². The molecule has 3 N–H and O–H groups in total. The summed E-state index contributed by atoms with van der Waals surface area (Å²) >= 11 is 0. The van der Waals surface area contributed by atoms with E-state index < -0.39 is 0 Å². The normalized spacial score (nSPS) is 17.8. The van der Waals surface area contributed by atoms with Crippen molar-refractivity contribution in [3.05, 3.63) is 34.9 Å². The summed E-state index contributed by atoms with van der Waals surface area (Å²) in [5.74, 6) is 0.0407. The first-order valence-electron chi connectivity index (χ1n) is 7.62. The molecule has 20 heavy (non-hydrogen) atoms. The molecule has 1 aliphatic carbocycles. The van der Waals surface area contributed by atoms with Crippen LogP contribution in [0.25, 0.3) is 0 Å². The van der Waals surface area contributed by atoms with Gasteiger partial charge in [0.2, 0.25) is 0 Å². The number of amides is 1. The molecule has 0 unspecified atom stereocenters. The van der Waals surface area contributed by atoms with Crippen molar-refractivity contribution in [2.75, 3.05) is 13.1 Å². The number of carbonyl (C=O) groups excluding carboxylic acids is 1. The van der Waals surface area contributed by atoms with E-state index in [4.69, 9.17) is 5.73 Å². The second kappa shape index (κ2) is 6.40. The lowest BCUT2D eigenvalue weighted by atomic mass is 9.74. The molecule has 3 nitrogen and oxygen atoms in total. The first-order valence-corrected chi connectivity index (χ1v) is 7.62. The maximum absolute atomic E-state index is 12.4. The van der Waals surface area contributed by atoms with Crippen LogP contribution in [0.2, 0.25) is 0 Å². The predicted molar refractivity (Wildman–Crippen MR) is 82.8 cm³/mol. The fourth-order valence-electron chi connectivity index (χ4n) is 3.28. The van der Waals surface area contributed by atoms with Gasteiger partial charge in [-0.15, -0.1) is 0 Å². The Hall–Kier alpha value is -1.35. The van der Waals surface area contributed by atoms with E-state index in [1.807, 2.05) is 32.0 Å². The minimum Gasteiger partial charge on any atom is -0.351 e. The summed E-state index contributed by atoms with van der Waals surface area (Å²) in [7, 11) is 0. The zero-order valence-corrected chi connectivity index (χ0v) is 12.7. The molecule has 1 aromatic rings. The molecule has 1 saturated carbocycles. The Bertz CT molecular complexity index is 456. The highest BCUT2D eigenvalue weighted by Gasteiger charge is 2.31. The number of carbonyl (C=O) groups is 1. The minimum atomic E-state index is 0.0407. The van der Waals surface area contributed by atoms with E-state index in [0.29, 0.717) is 13.1 Å². The van der Waals surface area contributed by atoms with Crippen molar-refractivity contribution in [1.29, 1.82) is 0 Å². The monoisotopic (exact) mass is 274 g/mol. The molecule has 1 fully saturated rings. The number of hydrogen-bond donors (Lipinski definition) is 2. The quantitative estimate of drug-likeness (QED) is 0.887. The molecule has 0 saturated heterocycles. The van der Waals surface area contributed by atoms with Crippen molar-refractivity contribution < 1.29 is 4.79 Å². The van der Waals surface area contributed by atoms with Crippen molar-refractivity contribution in [1.82, 2.24) is 5.32 Å². The van der Waals surface area contributed by atoms with Crippen molar-refractivity contribution in [2.24, 2.45) is 11.1 Å². The molecular formula is C17H26N2O. The Balaban J connectivity index is 2.04. The van der Waals surface area contributed by atoms with E-state index in [0.717, 1.165) is 29.5 Å².